The molecule has 0 radical (unpaired) electrons. The second-order valence-corrected chi connectivity index (χ2v) is 5.17. The van der Waals surface area contributed by atoms with Crippen LogP contribution in [0.25, 0.3) is 5.82 Å². The van der Waals surface area contributed by atoms with E-state index in [1.165, 1.54) is 0 Å². The molecular weight excluding hydrogens is 278 g/mol. The molecule has 0 aromatic carbocycles. The molecule has 0 saturated heterocycles. The van der Waals surface area contributed by atoms with Gasteiger partial charge in [0.1, 0.15) is 10.8 Å². The highest BCUT2D eigenvalue weighted by molar-refractivity contribution is 6.32. The molecule has 20 heavy (non-hydrogen) atoms. The Morgan fingerprint density at radius 2 is 2.35 bits per heavy atom. The van der Waals surface area contributed by atoms with Crippen LogP contribution in [0, 0.1) is 0 Å². The SMILES string of the molecule is CCC(=O)Nc1ccnn1-c1nn2c(c1Cl)CCCC2. The van der Waals surface area contributed by atoms with Crippen LogP contribution in [0.15, 0.2) is 12.3 Å². The Bertz CT molecular complexity index is 645. The van der Waals surface area contributed by atoms with E-state index in [0.29, 0.717) is 23.1 Å². The van der Waals surface area contributed by atoms with Crippen LogP contribution >= 0.6 is 11.6 Å². The average molecular weight is 294 g/mol. The number of hydrogen-bond acceptors (Lipinski definition) is 3. The number of halogens is 1. The summed E-state index contributed by atoms with van der Waals surface area (Å²) in [6.07, 6.45) is 5.22. The first kappa shape index (κ1) is 13.2. The fourth-order valence-corrected chi connectivity index (χ4v) is 2.68. The fourth-order valence-electron chi connectivity index (χ4n) is 2.37. The van der Waals surface area contributed by atoms with Gasteiger partial charge >= 0.3 is 0 Å². The smallest absolute Gasteiger partial charge is 0.225 e. The highest BCUT2D eigenvalue weighted by Gasteiger charge is 2.22. The number of carbonyl (C=O) groups is 1. The van der Waals surface area contributed by atoms with Gasteiger partial charge in [-0.1, -0.05) is 18.5 Å². The monoisotopic (exact) mass is 293 g/mol. The zero-order chi connectivity index (χ0) is 14.1. The quantitative estimate of drug-likeness (QED) is 0.945. The van der Waals surface area contributed by atoms with Crippen LogP contribution in [0.1, 0.15) is 31.9 Å². The predicted molar refractivity (Wildman–Crippen MR) is 76.2 cm³/mol. The average Bonchev–Trinajstić information content (AvgIpc) is 3.04. The lowest BCUT2D eigenvalue weighted by Crippen LogP contribution is -2.14. The van der Waals surface area contributed by atoms with Crippen LogP contribution in [0.3, 0.4) is 0 Å². The van der Waals surface area contributed by atoms with Crippen molar-refractivity contribution in [3.05, 3.63) is 23.0 Å². The molecule has 7 heteroatoms. The molecule has 0 atom stereocenters. The topological polar surface area (TPSA) is 64.7 Å². The number of anilines is 1. The summed E-state index contributed by atoms with van der Waals surface area (Å²) in [6.45, 7) is 2.69. The number of amides is 1. The second-order valence-electron chi connectivity index (χ2n) is 4.79. The van der Waals surface area contributed by atoms with Gasteiger partial charge in [0.25, 0.3) is 0 Å². The first-order valence-electron chi connectivity index (χ1n) is 6.80. The molecule has 1 N–H and O–H groups in total. The lowest BCUT2D eigenvalue weighted by molar-refractivity contribution is -0.115. The van der Waals surface area contributed by atoms with Crippen molar-refractivity contribution in [1.29, 1.82) is 0 Å². The zero-order valence-electron chi connectivity index (χ0n) is 11.3. The van der Waals surface area contributed by atoms with Crippen LogP contribution in [-0.4, -0.2) is 25.5 Å². The van der Waals surface area contributed by atoms with Crippen molar-refractivity contribution in [2.24, 2.45) is 0 Å². The van der Waals surface area contributed by atoms with Gasteiger partial charge in [0.15, 0.2) is 5.82 Å². The zero-order valence-corrected chi connectivity index (χ0v) is 12.0. The number of fused-ring (bicyclic) bond motifs is 1. The van der Waals surface area contributed by atoms with Crippen LogP contribution in [0.5, 0.6) is 0 Å². The largest absolute Gasteiger partial charge is 0.311 e. The van der Waals surface area contributed by atoms with Gasteiger partial charge in [-0.25, -0.2) is 0 Å². The molecule has 3 rings (SSSR count). The van der Waals surface area contributed by atoms with Crippen LogP contribution in [0.4, 0.5) is 5.82 Å². The Morgan fingerprint density at radius 1 is 1.50 bits per heavy atom. The van der Waals surface area contributed by atoms with Crippen molar-refractivity contribution in [2.75, 3.05) is 5.32 Å². The molecule has 6 nitrogen and oxygen atoms in total. The van der Waals surface area contributed by atoms with E-state index < -0.39 is 0 Å². The van der Waals surface area contributed by atoms with Crippen LogP contribution in [-0.2, 0) is 17.8 Å². The normalized spacial score (nSPS) is 14.1. The highest BCUT2D eigenvalue weighted by atomic mass is 35.5. The standard InChI is InChI=1S/C13H16ClN5O/c1-2-11(20)16-10-6-7-15-19(10)13-12(14)9-5-3-4-8-18(9)17-13/h6-7H,2-5,8H2,1H3,(H,16,20). The third-order valence-electron chi connectivity index (χ3n) is 3.44. The Hall–Kier alpha value is -1.82. The van der Waals surface area contributed by atoms with E-state index in [1.807, 2.05) is 4.68 Å². The maximum Gasteiger partial charge on any atom is 0.225 e. The van der Waals surface area contributed by atoms with Gasteiger partial charge in [-0.15, -0.1) is 0 Å². The molecule has 2 aromatic rings. The van der Waals surface area contributed by atoms with E-state index >= 15 is 0 Å². The highest BCUT2D eigenvalue weighted by Crippen LogP contribution is 2.29. The van der Waals surface area contributed by atoms with Gasteiger partial charge < -0.3 is 5.32 Å². The maximum atomic E-state index is 11.5. The molecule has 1 aliphatic rings. The third-order valence-corrected chi connectivity index (χ3v) is 3.83. The molecule has 1 amide bonds. The molecule has 0 aliphatic carbocycles. The Kier molecular flexibility index (Phi) is 3.48. The molecule has 106 valence electrons. The summed E-state index contributed by atoms with van der Waals surface area (Å²) < 4.78 is 3.52. The second kappa shape index (κ2) is 5.28. The van der Waals surface area contributed by atoms with Crippen molar-refractivity contribution in [2.45, 2.75) is 39.2 Å². The first-order valence-corrected chi connectivity index (χ1v) is 7.18. The molecular formula is C13H16ClN5O. The van der Waals surface area contributed by atoms with Gasteiger partial charge in [-0.2, -0.15) is 14.9 Å². The Morgan fingerprint density at radius 3 is 3.10 bits per heavy atom. The minimum Gasteiger partial charge on any atom is -0.311 e. The summed E-state index contributed by atoms with van der Waals surface area (Å²) in [6, 6.07) is 1.74. The van der Waals surface area contributed by atoms with Crippen molar-refractivity contribution in [3.63, 3.8) is 0 Å². The molecule has 1 aliphatic heterocycles. The molecule has 0 fully saturated rings. The lowest BCUT2D eigenvalue weighted by Gasteiger charge is -2.12. The molecule has 0 bridgehead atoms. The minimum absolute atomic E-state index is 0.0631. The summed E-state index contributed by atoms with van der Waals surface area (Å²) in [4.78, 5) is 11.5. The van der Waals surface area contributed by atoms with E-state index in [4.69, 9.17) is 11.6 Å². The number of rotatable bonds is 3. The summed E-state index contributed by atoms with van der Waals surface area (Å²) in [5, 5.41) is 12.2. The van der Waals surface area contributed by atoms with Crippen LogP contribution in [0.2, 0.25) is 5.02 Å². The number of nitrogens with zero attached hydrogens (tertiary/aromatic N) is 4. The molecule has 0 saturated carbocycles. The maximum absolute atomic E-state index is 11.5. The van der Waals surface area contributed by atoms with E-state index in [9.17, 15) is 4.79 Å². The van der Waals surface area contributed by atoms with Gasteiger partial charge in [0.2, 0.25) is 5.91 Å². The van der Waals surface area contributed by atoms with E-state index in [1.54, 1.807) is 23.9 Å². The Balaban J connectivity index is 1.99. The van der Waals surface area contributed by atoms with Gasteiger partial charge in [-0.05, 0) is 19.3 Å². The summed E-state index contributed by atoms with van der Waals surface area (Å²) in [5.74, 6) is 1.11. The number of nitrogens with one attached hydrogen (secondary N) is 1. The van der Waals surface area contributed by atoms with Crippen LogP contribution < -0.4 is 5.32 Å². The predicted octanol–water partition coefficient (Wildman–Crippen LogP) is 2.41. The van der Waals surface area contributed by atoms with E-state index in [-0.39, 0.29) is 5.91 Å². The van der Waals surface area contributed by atoms with Crippen molar-refractivity contribution in [3.8, 4) is 5.82 Å². The Labute approximate surface area is 121 Å². The summed E-state index contributed by atoms with van der Waals surface area (Å²) >= 11 is 6.42. The molecule has 3 heterocycles. The molecule has 0 unspecified atom stereocenters. The van der Waals surface area contributed by atoms with Gasteiger partial charge in [0, 0.05) is 19.0 Å². The van der Waals surface area contributed by atoms with Gasteiger partial charge in [0.05, 0.1) is 11.9 Å². The lowest BCUT2D eigenvalue weighted by atomic mass is 10.1. The number of hydrogen-bond donors (Lipinski definition) is 1. The minimum atomic E-state index is -0.0631. The van der Waals surface area contributed by atoms with Crippen molar-refractivity contribution in [1.82, 2.24) is 19.6 Å². The van der Waals surface area contributed by atoms with E-state index in [2.05, 4.69) is 15.5 Å². The first-order chi connectivity index (χ1) is 9.70. The number of aromatic nitrogens is 4. The number of carbonyl (C=O) groups excluding carboxylic acids is 1. The third kappa shape index (κ3) is 2.20. The van der Waals surface area contributed by atoms with E-state index in [0.717, 1.165) is 31.5 Å². The number of aryl methyl sites for hydroxylation is 1. The molecule has 0 spiro atoms. The van der Waals surface area contributed by atoms with Crippen molar-refractivity contribution < 1.29 is 4.79 Å². The molecule has 2 aromatic heterocycles. The summed E-state index contributed by atoms with van der Waals surface area (Å²) in [7, 11) is 0. The van der Waals surface area contributed by atoms with Crippen molar-refractivity contribution >= 4 is 23.3 Å². The fraction of sp³-hybridized carbons (Fsp3) is 0.462. The van der Waals surface area contributed by atoms with Gasteiger partial charge in [-0.3, -0.25) is 9.48 Å². The summed E-state index contributed by atoms with van der Waals surface area (Å²) in [5.41, 5.74) is 1.05.